The highest BCUT2D eigenvalue weighted by atomic mass is 35.5. The Hall–Kier alpha value is -1.71. The fourth-order valence-corrected chi connectivity index (χ4v) is 2.62. The Morgan fingerprint density at radius 2 is 1.79 bits per heavy atom. The first-order chi connectivity index (χ1) is 11.5. The first-order valence-corrected chi connectivity index (χ1v) is 8.68. The largest absolute Gasteiger partial charge is 0.479 e. The van der Waals surface area contributed by atoms with Crippen molar-refractivity contribution in [2.45, 2.75) is 38.8 Å². The van der Waals surface area contributed by atoms with Gasteiger partial charge in [-0.05, 0) is 44.4 Å². The van der Waals surface area contributed by atoms with Crippen LogP contribution in [0.2, 0.25) is 10.0 Å². The molecule has 1 amide bonds. The van der Waals surface area contributed by atoms with Crippen molar-refractivity contribution in [2.75, 3.05) is 0 Å². The monoisotopic (exact) mass is 365 g/mol. The minimum absolute atomic E-state index is 0.0542. The van der Waals surface area contributed by atoms with E-state index in [-0.39, 0.29) is 11.9 Å². The summed E-state index contributed by atoms with van der Waals surface area (Å²) in [6.45, 7) is 3.68. The molecule has 5 heteroatoms. The Kier molecular flexibility index (Phi) is 6.95. The maximum absolute atomic E-state index is 12.3. The Balaban J connectivity index is 1.83. The van der Waals surface area contributed by atoms with Gasteiger partial charge in [-0.25, -0.2) is 0 Å². The SMILES string of the molecule is C[C@H](CCc1ccccc1)NC(=O)[C@@H](C)Oc1cccc(Cl)c1Cl. The zero-order valence-corrected chi connectivity index (χ0v) is 15.3. The second kappa shape index (κ2) is 8.95. The second-order valence-corrected chi connectivity index (χ2v) is 6.53. The van der Waals surface area contributed by atoms with E-state index < -0.39 is 6.10 Å². The molecule has 1 N–H and O–H groups in total. The third-order valence-electron chi connectivity index (χ3n) is 3.69. The van der Waals surface area contributed by atoms with E-state index in [1.807, 2.05) is 25.1 Å². The van der Waals surface area contributed by atoms with Gasteiger partial charge in [0.2, 0.25) is 0 Å². The van der Waals surface area contributed by atoms with Gasteiger partial charge >= 0.3 is 0 Å². The van der Waals surface area contributed by atoms with E-state index in [1.165, 1.54) is 5.56 Å². The Morgan fingerprint density at radius 3 is 2.50 bits per heavy atom. The number of hydrogen-bond acceptors (Lipinski definition) is 2. The Labute approximate surface area is 152 Å². The summed E-state index contributed by atoms with van der Waals surface area (Å²) in [6, 6.07) is 15.4. The summed E-state index contributed by atoms with van der Waals surface area (Å²) in [5, 5.41) is 3.68. The molecule has 0 aliphatic heterocycles. The summed E-state index contributed by atoms with van der Waals surface area (Å²) in [7, 11) is 0. The van der Waals surface area contributed by atoms with Crippen LogP contribution in [0, 0.1) is 0 Å². The number of aryl methyl sites for hydroxylation is 1. The third-order valence-corrected chi connectivity index (χ3v) is 4.49. The molecule has 0 heterocycles. The minimum Gasteiger partial charge on any atom is -0.479 e. The van der Waals surface area contributed by atoms with E-state index in [0.717, 1.165) is 12.8 Å². The van der Waals surface area contributed by atoms with Gasteiger partial charge in [-0.3, -0.25) is 4.79 Å². The lowest BCUT2D eigenvalue weighted by atomic mass is 10.1. The van der Waals surface area contributed by atoms with E-state index in [2.05, 4.69) is 17.4 Å². The van der Waals surface area contributed by atoms with Crippen LogP contribution in [0.15, 0.2) is 48.5 Å². The second-order valence-electron chi connectivity index (χ2n) is 5.75. The molecule has 0 aliphatic rings. The quantitative estimate of drug-likeness (QED) is 0.757. The van der Waals surface area contributed by atoms with Crippen LogP contribution in [0.4, 0.5) is 0 Å². The molecule has 0 bridgehead atoms. The Bertz CT molecular complexity index is 676. The number of nitrogens with one attached hydrogen (secondary N) is 1. The number of amides is 1. The van der Waals surface area contributed by atoms with Crippen LogP contribution >= 0.6 is 23.2 Å². The zero-order valence-electron chi connectivity index (χ0n) is 13.8. The van der Waals surface area contributed by atoms with E-state index in [9.17, 15) is 4.79 Å². The smallest absolute Gasteiger partial charge is 0.260 e. The van der Waals surface area contributed by atoms with Gasteiger partial charge in [0.25, 0.3) is 5.91 Å². The number of ether oxygens (including phenoxy) is 1. The molecule has 0 radical (unpaired) electrons. The number of carbonyl (C=O) groups is 1. The molecule has 0 aromatic heterocycles. The highest BCUT2D eigenvalue weighted by Crippen LogP contribution is 2.32. The molecular weight excluding hydrogens is 345 g/mol. The van der Waals surface area contributed by atoms with Crippen molar-refractivity contribution in [3.8, 4) is 5.75 Å². The Morgan fingerprint density at radius 1 is 1.08 bits per heavy atom. The standard InChI is InChI=1S/C19H21Cl2NO2/c1-13(11-12-15-7-4-3-5-8-15)22-19(23)14(2)24-17-10-6-9-16(20)18(17)21/h3-10,13-14H,11-12H2,1-2H3,(H,22,23)/t13-,14-/m1/s1. The van der Waals surface area contributed by atoms with Crippen molar-refractivity contribution in [3.63, 3.8) is 0 Å². The summed E-state index contributed by atoms with van der Waals surface area (Å²) in [5.41, 5.74) is 1.26. The third kappa shape index (κ3) is 5.43. The van der Waals surface area contributed by atoms with Crippen molar-refractivity contribution in [1.82, 2.24) is 5.32 Å². The van der Waals surface area contributed by atoms with Crippen LogP contribution in [-0.4, -0.2) is 18.1 Å². The molecule has 128 valence electrons. The molecule has 24 heavy (non-hydrogen) atoms. The van der Waals surface area contributed by atoms with Gasteiger partial charge < -0.3 is 10.1 Å². The topological polar surface area (TPSA) is 38.3 Å². The molecular formula is C19H21Cl2NO2. The number of carbonyl (C=O) groups excluding carboxylic acids is 1. The first-order valence-electron chi connectivity index (χ1n) is 7.92. The van der Waals surface area contributed by atoms with Gasteiger partial charge in [-0.15, -0.1) is 0 Å². The number of hydrogen-bond donors (Lipinski definition) is 1. The van der Waals surface area contributed by atoms with Gasteiger partial charge in [0.1, 0.15) is 10.8 Å². The van der Waals surface area contributed by atoms with Crippen LogP contribution in [0.5, 0.6) is 5.75 Å². The molecule has 3 nitrogen and oxygen atoms in total. The lowest BCUT2D eigenvalue weighted by Crippen LogP contribution is -2.41. The summed E-state index contributed by atoms with van der Waals surface area (Å²) >= 11 is 12.0. The van der Waals surface area contributed by atoms with Crippen molar-refractivity contribution in [1.29, 1.82) is 0 Å². The molecule has 0 saturated heterocycles. The maximum atomic E-state index is 12.3. The minimum atomic E-state index is -0.653. The predicted molar refractivity (Wildman–Crippen MR) is 98.9 cm³/mol. The molecule has 0 saturated carbocycles. The number of rotatable bonds is 7. The lowest BCUT2D eigenvalue weighted by Gasteiger charge is -2.19. The molecule has 0 spiro atoms. The van der Waals surface area contributed by atoms with Crippen LogP contribution in [0.1, 0.15) is 25.8 Å². The van der Waals surface area contributed by atoms with Crippen molar-refractivity contribution >= 4 is 29.1 Å². The van der Waals surface area contributed by atoms with Crippen LogP contribution in [0.3, 0.4) is 0 Å². The van der Waals surface area contributed by atoms with Gasteiger partial charge in [0, 0.05) is 6.04 Å². The fourth-order valence-electron chi connectivity index (χ4n) is 2.28. The zero-order chi connectivity index (χ0) is 17.5. The highest BCUT2D eigenvalue weighted by molar-refractivity contribution is 6.42. The van der Waals surface area contributed by atoms with E-state index in [4.69, 9.17) is 27.9 Å². The van der Waals surface area contributed by atoms with Gasteiger partial charge in [-0.2, -0.15) is 0 Å². The van der Waals surface area contributed by atoms with Crippen LogP contribution < -0.4 is 10.1 Å². The summed E-state index contributed by atoms with van der Waals surface area (Å²) in [5.74, 6) is 0.232. The molecule has 0 unspecified atom stereocenters. The predicted octanol–water partition coefficient (Wildman–Crippen LogP) is 4.90. The molecule has 0 fully saturated rings. The van der Waals surface area contributed by atoms with E-state index in [0.29, 0.717) is 15.8 Å². The lowest BCUT2D eigenvalue weighted by molar-refractivity contribution is -0.127. The van der Waals surface area contributed by atoms with E-state index >= 15 is 0 Å². The maximum Gasteiger partial charge on any atom is 0.260 e. The van der Waals surface area contributed by atoms with Crippen molar-refractivity contribution in [3.05, 3.63) is 64.1 Å². The summed E-state index contributed by atoms with van der Waals surface area (Å²) in [6.07, 6.45) is 1.12. The summed E-state index contributed by atoms with van der Waals surface area (Å²) < 4.78 is 5.62. The molecule has 0 aliphatic carbocycles. The van der Waals surface area contributed by atoms with Crippen LogP contribution in [0.25, 0.3) is 0 Å². The average Bonchev–Trinajstić information content (AvgIpc) is 2.58. The van der Waals surface area contributed by atoms with Crippen molar-refractivity contribution in [2.24, 2.45) is 0 Å². The van der Waals surface area contributed by atoms with E-state index in [1.54, 1.807) is 25.1 Å². The number of halogens is 2. The molecule has 2 aromatic carbocycles. The van der Waals surface area contributed by atoms with Gasteiger partial charge in [0.15, 0.2) is 6.10 Å². The van der Waals surface area contributed by atoms with Crippen LogP contribution in [-0.2, 0) is 11.2 Å². The number of benzene rings is 2. The van der Waals surface area contributed by atoms with Gasteiger partial charge in [-0.1, -0.05) is 59.6 Å². The summed E-state index contributed by atoms with van der Waals surface area (Å²) in [4.78, 5) is 12.3. The van der Waals surface area contributed by atoms with Gasteiger partial charge in [0.05, 0.1) is 5.02 Å². The van der Waals surface area contributed by atoms with Crippen molar-refractivity contribution < 1.29 is 9.53 Å². The molecule has 2 aromatic rings. The molecule has 2 rings (SSSR count). The first kappa shape index (κ1) is 18.6. The normalized spacial score (nSPS) is 13.2. The molecule has 2 atom stereocenters. The average molecular weight is 366 g/mol. The fraction of sp³-hybridized carbons (Fsp3) is 0.316. The highest BCUT2D eigenvalue weighted by Gasteiger charge is 2.18.